The Labute approximate surface area is 307 Å². The van der Waals surface area contributed by atoms with Gasteiger partial charge in [-0.15, -0.1) is 10.2 Å². The maximum Gasteiger partial charge on any atom is 0.309 e. The highest BCUT2D eigenvalue weighted by molar-refractivity contribution is 6.01. The number of carboxylic acid groups (broad SMARTS) is 1. The second kappa shape index (κ2) is 12.0. The molecule has 1 N–H and O–H groups in total. The van der Waals surface area contributed by atoms with E-state index in [1.54, 1.807) is 13.8 Å². The molecule has 0 radical (unpaired) electrons. The average Bonchev–Trinajstić information content (AvgIpc) is 3.66. The number of Topliss-reactive ketones (excluding diaryl/α,β-unsaturated/α-hetero) is 1. The van der Waals surface area contributed by atoms with Gasteiger partial charge in [0.2, 0.25) is 5.89 Å². The molecule has 52 heavy (non-hydrogen) atoms. The fourth-order valence-corrected chi connectivity index (χ4v) is 12.7. The molecule has 0 spiro atoms. The minimum absolute atomic E-state index is 0.0111. The van der Waals surface area contributed by atoms with Gasteiger partial charge in [0.15, 0.2) is 5.78 Å². The number of hydrogen-bond donors (Lipinski definition) is 1. The lowest BCUT2D eigenvalue weighted by atomic mass is 9.33. The van der Waals surface area contributed by atoms with Gasteiger partial charge < -0.3 is 14.3 Å². The third-order valence-electron chi connectivity index (χ3n) is 15.6. The van der Waals surface area contributed by atoms with Crippen LogP contribution in [0.3, 0.4) is 0 Å². The summed E-state index contributed by atoms with van der Waals surface area (Å²) in [5.41, 5.74) is 0.443. The standard InChI is InChI=1S/C42H56FN3O6/c1-23(2)32-27(47)20-42(35-46-45-34(52-35)26-12-10-24(43)22-44-26)19-18-40(8)25(33(32)42)11-13-29-39(7)16-15-30(51-31(48)21-37(3,4)36(49)50)38(5,6)28(39)14-17-41(29,40)9/h10,12,22-23,25,28-30H,11,13-21H2,1-9H3,(H,49,50). The molecule has 10 heteroatoms. The Balaban J connectivity index is 1.20. The maximum atomic E-state index is 14.1. The van der Waals surface area contributed by atoms with Gasteiger partial charge in [-0.3, -0.25) is 14.4 Å². The lowest BCUT2D eigenvalue weighted by Gasteiger charge is -2.72. The van der Waals surface area contributed by atoms with Crippen molar-refractivity contribution in [3.63, 3.8) is 0 Å². The van der Waals surface area contributed by atoms with E-state index in [4.69, 9.17) is 9.15 Å². The first-order valence-corrected chi connectivity index (χ1v) is 19.4. The largest absolute Gasteiger partial charge is 0.481 e. The number of aromatic nitrogens is 3. The number of ketones is 1. The molecular formula is C42H56FN3O6. The van der Waals surface area contributed by atoms with Crippen molar-refractivity contribution in [3.05, 3.63) is 41.2 Å². The minimum atomic E-state index is -1.18. The zero-order chi connectivity index (χ0) is 37.8. The molecule has 7 rings (SSSR count). The van der Waals surface area contributed by atoms with Gasteiger partial charge in [-0.2, -0.15) is 0 Å². The van der Waals surface area contributed by atoms with Gasteiger partial charge in [0.05, 0.1) is 23.4 Å². The van der Waals surface area contributed by atoms with Gasteiger partial charge >= 0.3 is 11.9 Å². The molecule has 0 aromatic carbocycles. The van der Waals surface area contributed by atoms with Crippen molar-refractivity contribution in [1.82, 2.24) is 15.2 Å². The van der Waals surface area contributed by atoms with Crippen LogP contribution in [0.25, 0.3) is 11.6 Å². The molecule has 5 aliphatic carbocycles. The smallest absolute Gasteiger partial charge is 0.309 e. The molecule has 282 valence electrons. The second-order valence-electron chi connectivity index (χ2n) is 19.3. The van der Waals surface area contributed by atoms with Crippen molar-refractivity contribution in [2.75, 3.05) is 0 Å². The van der Waals surface area contributed by atoms with Gasteiger partial charge in [-0.1, -0.05) is 48.5 Å². The fraction of sp³-hybridized carbons (Fsp3) is 0.714. The number of halogens is 1. The average molecular weight is 718 g/mol. The van der Waals surface area contributed by atoms with Crippen LogP contribution in [0.15, 0.2) is 33.9 Å². The number of aliphatic carboxylic acids is 1. The molecule has 8 unspecified atom stereocenters. The van der Waals surface area contributed by atoms with Gasteiger partial charge in [-0.05, 0) is 128 Å². The topological polar surface area (TPSA) is 132 Å². The summed E-state index contributed by atoms with van der Waals surface area (Å²) in [6.07, 6.45) is 8.54. The van der Waals surface area contributed by atoms with Crippen LogP contribution in [0.2, 0.25) is 0 Å². The third kappa shape index (κ3) is 5.19. The molecule has 0 aliphatic heterocycles. The Hall–Kier alpha value is -3.43. The Kier molecular flexibility index (Phi) is 8.55. The molecule has 4 saturated carbocycles. The predicted octanol–water partition coefficient (Wildman–Crippen LogP) is 8.92. The molecule has 2 heterocycles. The fourth-order valence-electron chi connectivity index (χ4n) is 12.7. The van der Waals surface area contributed by atoms with E-state index in [0.717, 1.165) is 63.1 Å². The van der Waals surface area contributed by atoms with Crippen molar-refractivity contribution in [2.24, 2.45) is 50.7 Å². The zero-order valence-electron chi connectivity index (χ0n) is 32.4. The van der Waals surface area contributed by atoms with Gasteiger partial charge in [0, 0.05) is 11.8 Å². The number of esters is 1. The zero-order valence-corrected chi connectivity index (χ0v) is 32.4. The number of ether oxygens (including phenoxy) is 1. The molecule has 2 aromatic heterocycles. The first-order valence-electron chi connectivity index (χ1n) is 19.4. The lowest BCUT2D eigenvalue weighted by molar-refractivity contribution is -0.232. The number of allylic oxidation sites excluding steroid dienone is 2. The number of carbonyl (C=O) groups excluding carboxylic acids is 2. The normalized spacial score (nSPS) is 36.9. The highest BCUT2D eigenvalue weighted by Gasteiger charge is 2.71. The van der Waals surface area contributed by atoms with Crippen LogP contribution >= 0.6 is 0 Å². The SMILES string of the molecule is CC(C)C1=C2C3CCC4C5(C)CCC(OC(=O)CC(C)(C)C(=O)O)C(C)(C)C5CCC4(C)C3(C)CCC2(c2nnc(-c3ccc(F)cn3)o2)CC1=O. The number of carboxylic acids is 1. The summed E-state index contributed by atoms with van der Waals surface area (Å²) < 4.78 is 26.2. The van der Waals surface area contributed by atoms with E-state index in [1.807, 2.05) is 0 Å². The summed E-state index contributed by atoms with van der Waals surface area (Å²) in [6, 6.07) is 2.87. The molecule has 4 fully saturated rings. The van der Waals surface area contributed by atoms with Crippen molar-refractivity contribution in [3.8, 4) is 11.6 Å². The second-order valence-corrected chi connectivity index (χ2v) is 19.3. The summed E-state index contributed by atoms with van der Waals surface area (Å²) in [5.74, 6) is 0.0563. The van der Waals surface area contributed by atoms with Crippen LogP contribution in [0.5, 0.6) is 0 Å². The molecule has 0 bridgehead atoms. The minimum Gasteiger partial charge on any atom is -0.481 e. The number of fused-ring (bicyclic) bond motifs is 7. The van der Waals surface area contributed by atoms with E-state index in [9.17, 15) is 23.9 Å². The summed E-state index contributed by atoms with van der Waals surface area (Å²) in [4.78, 5) is 43.1. The van der Waals surface area contributed by atoms with Crippen molar-refractivity contribution < 1.29 is 33.0 Å². The van der Waals surface area contributed by atoms with Crippen LogP contribution in [0.4, 0.5) is 4.39 Å². The van der Waals surface area contributed by atoms with Crippen LogP contribution in [0.1, 0.15) is 132 Å². The Morgan fingerprint density at radius 2 is 1.71 bits per heavy atom. The van der Waals surface area contributed by atoms with Crippen LogP contribution in [-0.4, -0.2) is 44.1 Å². The monoisotopic (exact) mass is 717 g/mol. The first kappa shape index (κ1) is 36.9. The van der Waals surface area contributed by atoms with Crippen molar-refractivity contribution in [1.29, 1.82) is 0 Å². The van der Waals surface area contributed by atoms with E-state index in [2.05, 4.69) is 63.6 Å². The van der Waals surface area contributed by atoms with Gasteiger partial charge in [0.1, 0.15) is 17.6 Å². The number of rotatable bonds is 7. The highest BCUT2D eigenvalue weighted by Crippen LogP contribution is 2.76. The highest BCUT2D eigenvalue weighted by atomic mass is 19.1. The first-order chi connectivity index (χ1) is 24.2. The number of nitrogens with zero attached hydrogens (tertiary/aromatic N) is 3. The van der Waals surface area contributed by atoms with Crippen molar-refractivity contribution in [2.45, 2.75) is 138 Å². The van der Waals surface area contributed by atoms with E-state index >= 15 is 0 Å². The number of hydrogen-bond acceptors (Lipinski definition) is 8. The summed E-state index contributed by atoms with van der Waals surface area (Å²) in [6.45, 7) is 19.4. The molecule has 0 amide bonds. The predicted molar refractivity (Wildman–Crippen MR) is 192 cm³/mol. The lowest BCUT2D eigenvalue weighted by Crippen LogP contribution is -2.66. The van der Waals surface area contributed by atoms with Crippen LogP contribution < -0.4 is 0 Å². The maximum absolute atomic E-state index is 14.1. The summed E-state index contributed by atoms with van der Waals surface area (Å²) in [5, 5.41) is 18.6. The van der Waals surface area contributed by atoms with E-state index in [1.165, 1.54) is 17.7 Å². The summed E-state index contributed by atoms with van der Waals surface area (Å²) >= 11 is 0. The molecule has 8 atom stereocenters. The Morgan fingerprint density at radius 1 is 0.981 bits per heavy atom. The molecule has 2 aromatic rings. The molecule has 5 aliphatic rings. The third-order valence-corrected chi connectivity index (χ3v) is 15.6. The Bertz CT molecular complexity index is 1830. The molecule has 0 saturated heterocycles. The van der Waals surface area contributed by atoms with E-state index in [0.29, 0.717) is 29.8 Å². The number of pyridine rings is 1. The number of carbonyl (C=O) groups is 3. The molecular weight excluding hydrogens is 661 g/mol. The van der Waals surface area contributed by atoms with E-state index in [-0.39, 0.29) is 57.7 Å². The molecule has 9 nitrogen and oxygen atoms in total. The Morgan fingerprint density at radius 3 is 2.37 bits per heavy atom. The van der Waals surface area contributed by atoms with Crippen LogP contribution in [-0.2, 0) is 24.5 Å². The quantitative estimate of drug-likeness (QED) is 0.279. The van der Waals surface area contributed by atoms with Crippen LogP contribution in [0, 0.1) is 56.6 Å². The van der Waals surface area contributed by atoms with Crippen molar-refractivity contribution >= 4 is 17.7 Å². The van der Waals surface area contributed by atoms with Gasteiger partial charge in [-0.25, -0.2) is 9.37 Å². The summed E-state index contributed by atoms with van der Waals surface area (Å²) in [7, 11) is 0. The van der Waals surface area contributed by atoms with E-state index < -0.39 is 28.6 Å². The van der Waals surface area contributed by atoms with Gasteiger partial charge in [0.25, 0.3) is 5.89 Å².